The van der Waals surface area contributed by atoms with Gasteiger partial charge in [-0.3, -0.25) is 4.79 Å². The molecule has 104 valence electrons. The first-order chi connectivity index (χ1) is 9.56. The number of carbonyl (C=O) groups is 1. The van der Waals surface area contributed by atoms with Crippen LogP contribution in [0.1, 0.15) is 10.4 Å². The summed E-state index contributed by atoms with van der Waals surface area (Å²) in [5.41, 5.74) is 0.534. The number of rotatable bonds is 4. The molecule has 0 aliphatic rings. The van der Waals surface area contributed by atoms with E-state index >= 15 is 0 Å². The Kier molecular flexibility index (Phi) is 4.14. The summed E-state index contributed by atoms with van der Waals surface area (Å²) in [5, 5.41) is 9.06. The highest BCUT2D eigenvalue weighted by Gasteiger charge is 2.16. The molecule has 0 bridgehead atoms. The number of aromatic nitrogens is 1. The topological polar surface area (TPSA) is 79.4 Å². The predicted octanol–water partition coefficient (Wildman–Crippen LogP) is 2.47. The highest BCUT2D eigenvalue weighted by atomic mass is 32.2. The molecule has 5 nitrogen and oxygen atoms in total. The molecular formula is C14H13NO4S. The van der Waals surface area contributed by atoms with E-state index in [-0.39, 0.29) is 5.56 Å². The van der Waals surface area contributed by atoms with Crippen LogP contribution >= 0.6 is 11.8 Å². The zero-order valence-electron chi connectivity index (χ0n) is 11.0. The number of pyridine rings is 1. The van der Waals surface area contributed by atoms with Gasteiger partial charge in [0.2, 0.25) is 0 Å². The lowest BCUT2D eigenvalue weighted by molar-refractivity contribution is 0.0691. The molecular weight excluding hydrogens is 278 g/mol. The van der Waals surface area contributed by atoms with Gasteiger partial charge < -0.3 is 14.8 Å². The van der Waals surface area contributed by atoms with Crippen LogP contribution in [0.15, 0.2) is 40.0 Å². The average Bonchev–Trinajstić information content (AvgIpc) is 2.46. The summed E-state index contributed by atoms with van der Waals surface area (Å²) < 4.78 is 5.07. The molecule has 2 aromatic rings. The number of benzene rings is 1. The van der Waals surface area contributed by atoms with Crippen molar-refractivity contribution in [3.63, 3.8) is 0 Å². The van der Waals surface area contributed by atoms with Crippen LogP contribution in [0, 0.1) is 0 Å². The molecule has 0 unspecified atom stereocenters. The maximum atomic E-state index is 11.9. The van der Waals surface area contributed by atoms with Crippen LogP contribution in [0.25, 0.3) is 11.3 Å². The van der Waals surface area contributed by atoms with Crippen LogP contribution in [0.5, 0.6) is 5.75 Å². The van der Waals surface area contributed by atoms with Crippen molar-refractivity contribution in [3.8, 4) is 17.0 Å². The Morgan fingerprint density at radius 1 is 1.30 bits per heavy atom. The SMILES string of the molecule is COc1ccc(-c2cc(SC)c(C(=O)O)c(=O)[nH]2)cc1. The van der Waals surface area contributed by atoms with Crippen LogP contribution in [0.2, 0.25) is 0 Å². The average molecular weight is 291 g/mol. The van der Waals surface area contributed by atoms with Gasteiger partial charge in [0, 0.05) is 10.6 Å². The Labute approximate surface area is 119 Å². The molecule has 0 spiro atoms. The number of nitrogens with one attached hydrogen (secondary N) is 1. The number of aromatic carboxylic acids is 1. The second-order valence-electron chi connectivity index (χ2n) is 3.99. The summed E-state index contributed by atoms with van der Waals surface area (Å²) in [6.07, 6.45) is 1.74. The summed E-state index contributed by atoms with van der Waals surface area (Å²) in [7, 11) is 1.57. The minimum atomic E-state index is -1.23. The molecule has 0 fully saturated rings. The van der Waals surface area contributed by atoms with Gasteiger partial charge in [0.05, 0.1) is 7.11 Å². The van der Waals surface area contributed by atoms with Crippen molar-refractivity contribution in [3.05, 3.63) is 46.2 Å². The standard InChI is InChI=1S/C14H13NO4S/c1-19-9-5-3-8(4-6-9)10-7-11(20-2)12(14(17)18)13(16)15-10/h3-7H,1-2H3,(H,15,16)(H,17,18). The Hall–Kier alpha value is -2.21. The van der Waals surface area contributed by atoms with Crippen LogP contribution in [0.3, 0.4) is 0 Å². The first-order valence-electron chi connectivity index (χ1n) is 5.76. The smallest absolute Gasteiger partial charge is 0.342 e. The second-order valence-corrected chi connectivity index (χ2v) is 4.84. The number of H-pyrrole nitrogens is 1. The monoisotopic (exact) mass is 291 g/mol. The van der Waals surface area contributed by atoms with Crippen LogP contribution in [0.4, 0.5) is 0 Å². The van der Waals surface area contributed by atoms with Crippen LogP contribution in [-0.2, 0) is 0 Å². The van der Waals surface area contributed by atoms with E-state index in [4.69, 9.17) is 9.84 Å². The molecule has 0 aliphatic heterocycles. The predicted molar refractivity (Wildman–Crippen MR) is 77.8 cm³/mol. The van der Waals surface area contributed by atoms with E-state index < -0.39 is 11.5 Å². The van der Waals surface area contributed by atoms with Crippen molar-refractivity contribution in [1.82, 2.24) is 4.98 Å². The number of carboxylic acids is 1. The second kappa shape index (κ2) is 5.83. The van der Waals surface area contributed by atoms with Gasteiger partial charge in [0.1, 0.15) is 11.3 Å². The van der Waals surface area contributed by atoms with E-state index in [9.17, 15) is 9.59 Å². The van der Waals surface area contributed by atoms with Gasteiger partial charge in [-0.05, 0) is 42.2 Å². The van der Waals surface area contributed by atoms with Crippen molar-refractivity contribution in [1.29, 1.82) is 0 Å². The number of thioether (sulfide) groups is 1. The van der Waals surface area contributed by atoms with E-state index in [0.29, 0.717) is 16.3 Å². The fourth-order valence-electron chi connectivity index (χ4n) is 1.83. The zero-order chi connectivity index (χ0) is 14.7. The zero-order valence-corrected chi connectivity index (χ0v) is 11.8. The van der Waals surface area contributed by atoms with Gasteiger partial charge in [-0.25, -0.2) is 4.79 Å². The van der Waals surface area contributed by atoms with Gasteiger partial charge in [-0.1, -0.05) is 0 Å². The number of aromatic amines is 1. The van der Waals surface area contributed by atoms with Crippen LogP contribution in [-0.4, -0.2) is 29.4 Å². The van der Waals surface area contributed by atoms with Crippen LogP contribution < -0.4 is 10.3 Å². The van der Waals surface area contributed by atoms with Gasteiger partial charge in [-0.2, -0.15) is 0 Å². The molecule has 6 heteroatoms. The Morgan fingerprint density at radius 2 is 1.95 bits per heavy atom. The molecule has 1 aromatic carbocycles. The lowest BCUT2D eigenvalue weighted by Gasteiger charge is -2.07. The highest BCUT2D eigenvalue weighted by molar-refractivity contribution is 7.98. The molecule has 0 saturated carbocycles. The molecule has 20 heavy (non-hydrogen) atoms. The normalized spacial score (nSPS) is 10.3. The minimum absolute atomic E-state index is 0.227. The lowest BCUT2D eigenvalue weighted by Crippen LogP contribution is -2.19. The van der Waals surface area contributed by atoms with E-state index in [0.717, 1.165) is 5.56 Å². The molecule has 0 atom stereocenters. The fourth-order valence-corrected chi connectivity index (χ4v) is 2.45. The molecule has 2 rings (SSSR count). The van der Waals surface area contributed by atoms with Crippen molar-refractivity contribution in [2.45, 2.75) is 4.90 Å². The maximum Gasteiger partial charge on any atom is 0.342 e. The Bertz CT molecular complexity index is 691. The summed E-state index contributed by atoms with van der Waals surface area (Å²) in [5.74, 6) is -0.514. The van der Waals surface area contributed by atoms with Crippen molar-refractivity contribution in [2.75, 3.05) is 13.4 Å². The van der Waals surface area contributed by atoms with E-state index in [1.165, 1.54) is 11.8 Å². The lowest BCUT2D eigenvalue weighted by atomic mass is 10.1. The number of methoxy groups -OCH3 is 1. The van der Waals surface area contributed by atoms with E-state index in [1.807, 2.05) is 0 Å². The van der Waals surface area contributed by atoms with E-state index in [1.54, 1.807) is 43.7 Å². The number of hydrogen-bond donors (Lipinski definition) is 2. The third kappa shape index (κ3) is 2.70. The summed E-state index contributed by atoms with van der Waals surface area (Å²) in [6.45, 7) is 0. The highest BCUT2D eigenvalue weighted by Crippen LogP contribution is 2.25. The maximum absolute atomic E-state index is 11.9. The number of ether oxygens (including phenoxy) is 1. The first kappa shape index (κ1) is 14.2. The molecule has 0 saturated heterocycles. The first-order valence-corrected chi connectivity index (χ1v) is 6.98. The van der Waals surface area contributed by atoms with Gasteiger partial charge in [0.15, 0.2) is 0 Å². The van der Waals surface area contributed by atoms with Crippen molar-refractivity contribution in [2.24, 2.45) is 0 Å². The van der Waals surface area contributed by atoms with E-state index in [2.05, 4.69) is 4.98 Å². The summed E-state index contributed by atoms with van der Waals surface area (Å²) in [6, 6.07) is 8.82. The number of carboxylic acid groups (broad SMARTS) is 1. The molecule has 1 aromatic heterocycles. The number of hydrogen-bond acceptors (Lipinski definition) is 4. The quantitative estimate of drug-likeness (QED) is 0.846. The van der Waals surface area contributed by atoms with Crippen molar-refractivity contribution >= 4 is 17.7 Å². The van der Waals surface area contributed by atoms with Gasteiger partial charge in [0.25, 0.3) is 5.56 Å². The van der Waals surface area contributed by atoms with Gasteiger partial charge in [-0.15, -0.1) is 11.8 Å². The van der Waals surface area contributed by atoms with Crippen molar-refractivity contribution < 1.29 is 14.6 Å². The molecule has 0 aliphatic carbocycles. The summed E-state index contributed by atoms with van der Waals surface area (Å²) >= 11 is 1.23. The third-order valence-corrected chi connectivity index (χ3v) is 3.59. The largest absolute Gasteiger partial charge is 0.497 e. The Morgan fingerprint density at radius 3 is 2.45 bits per heavy atom. The molecule has 1 heterocycles. The Balaban J connectivity index is 2.55. The molecule has 0 amide bonds. The minimum Gasteiger partial charge on any atom is -0.497 e. The molecule has 2 N–H and O–H groups in total. The molecule has 0 radical (unpaired) electrons. The fraction of sp³-hybridized carbons (Fsp3) is 0.143. The van der Waals surface area contributed by atoms with Gasteiger partial charge >= 0.3 is 5.97 Å². The third-order valence-electron chi connectivity index (χ3n) is 2.83. The summed E-state index contributed by atoms with van der Waals surface area (Å²) in [4.78, 5) is 26.0.